The van der Waals surface area contributed by atoms with Crippen LogP contribution in [0.1, 0.15) is 5.56 Å². The second-order valence-electron chi connectivity index (χ2n) is 5.32. The highest BCUT2D eigenvalue weighted by Crippen LogP contribution is 2.21. The number of carbonyl (C=O) groups is 3. The molecule has 0 aliphatic heterocycles. The third-order valence-corrected chi connectivity index (χ3v) is 3.48. The number of ether oxygens (including phenoxy) is 2. The van der Waals surface area contributed by atoms with E-state index < -0.39 is 17.7 Å². The van der Waals surface area contributed by atoms with Gasteiger partial charge in [0.05, 0.1) is 13.3 Å². The summed E-state index contributed by atoms with van der Waals surface area (Å²) in [6.07, 6.45) is 1.22. The average molecular weight is 405 g/mol. The van der Waals surface area contributed by atoms with Crippen molar-refractivity contribution in [3.63, 3.8) is 0 Å². The highest BCUT2D eigenvalue weighted by molar-refractivity contribution is 6.39. The molecule has 2 aromatic rings. The predicted molar refractivity (Wildman–Crippen MR) is 104 cm³/mol. The second-order valence-corrected chi connectivity index (χ2v) is 5.76. The van der Waals surface area contributed by atoms with Crippen LogP contribution in [0, 0.1) is 0 Å². The van der Waals surface area contributed by atoms with Gasteiger partial charge >= 0.3 is 11.8 Å². The third kappa shape index (κ3) is 6.29. The summed E-state index contributed by atoms with van der Waals surface area (Å²) in [7, 11) is 1.49. The standard InChI is InChI=1S/C18H17ClN4O5/c1-27-14-4-2-3-13(8-14)22-17(25)18(26)23-21-9-11-7-12(19)5-6-15(11)28-10-16(20)24/h2-9H,10H2,1H3,(H2,20,24)(H,22,25)(H,23,26)/b21-9-. The number of nitrogens with two attached hydrogens (primary N) is 1. The molecule has 0 heterocycles. The Morgan fingerprint density at radius 2 is 1.96 bits per heavy atom. The maximum Gasteiger partial charge on any atom is 0.329 e. The molecule has 2 aromatic carbocycles. The number of hydrogen-bond acceptors (Lipinski definition) is 6. The average Bonchev–Trinajstić information content (AvgIpc) is 2.67. The van der Waals surface area contributed by atoms with Crippen molar-refractivity contribution in [2.45, 2.75) is 0 Å². The van der Waals surface area contributed by atoms with Gasteiger partial charge in [-0.1, -0.05) is 17.7 Å². The van der Waals surface area contributed by atoms with Crippen LogP contribution in [0.3, 0.4) is 0 Å². The Bertz CT molecular complexity index is 917. The summed E-state index contributed by atoms with van der Waals surface area (Å²) in [6.45, 7) is -0.336. The van der Waals surface area contributed by atoms with Gasteiger partial charge in [-0.3, -0.25) is 14.4 Å². The molecule has 28 heavy (non-hydrogen) atoms. The monoisotopic (exact) mass is 404 g/mol. The quantitative estimate of drug-likeness (QED) is 0.363. The Kier molecular flexibility index (Phi) is 7.35. The van der Waals surface area contributed by atoms with Gasteiger partial charge in [0.1, 0.15) is 11.5 Å². The molecule has 0 radical (unpaired) electrons. The van der Waals surface area contributed by atoms with Gasteiger partial charge in [0, 0.05) is 22.3 Å². The lowest BCUT2D eigenvalue weighted by Crippen LogP contribution is -2.32. The minimum Gasteiger partial charge on any atom is -0.497 e. The maximum atomic E-state index is 11.9. The van der Waals surface area contributed by atoms with E-state index in [-0.39, 0.29) is 12.4 Å². The number of primary amides is 1. The van der Waals surface area contributed by atoms with E-state index in [4.69, 9.17) is 26.8 Å². The topological polar surface area (TPSA) is 132 Å². The number of hydrogen-bond donors (Lipinski definition) is 3. The van der Waals surface area contributed by atoms with Gasteiger partial charge < -0.3 is 20.5 Å². The lowest BCUT2D eigenvalue weighted by molar-refractivity contribution is -0.136. The molecule has 0 spiro atoms. The smallest absolute Gasteiger partial charge is 0.329 e. The predicted octanol–water partition coefficient (Wildman–Crippen LogP) is 1.30. The molecule has 0 aliphatic rings. The minimum atomic E-state index is -0.985. The first kappa shape index (κ1) is 20.7. The number of methoxy groups -OCH3 is 1. The second kappa shape index (κ2) is 9.93. The number of nitrogens with zero attached hydrogens (tertiary/aromatic N) is 1. The lowest BCUT2D eigenvalue weighted by Gasteiger charge is -2.08. The molecule has 2 rings (SSSR count). The van der Waals surface area contributed by atoms with E-state index in [1.54, 1.807) is 30.3 Å². The van der Waals surface area contributed by atoms with Gasteiger partial charge in [-0.05, 0) is 30.3 Å². The molecule has 0 aliphatic carbocycles. The Labute approximate surface area is 165 Å². The summed E-state index contributed by atoms with van der Waals surface area (Å²) in [4.78, 5) is 34.6. The molecule has 0 atom stereocenters. The minimum absolute atomic E-state index is 0.280. The molecule has 0 aromatic heterocycles. The van der Waals surface area contributed by atoms with E-state index in [0.29, 0.717) is 22.0 Å². The molecule has 10 heteroatoms. The highest BCUT2D eigenvalue weighted by Gasteiger charge is 2.13. The molecular formula is C18H17ClN4O5. The largest absolute Gasteiger partial charge is 0.497 e. The van der Waals surface area contributed by atoms with Crippen molar-refractivity contribution in [2.24, 2.45) is 10.8 Å². The zero-order valence-electron chi connectivity index (χ0n) is 14.8. The molecule has 0 saturated heterocycles. The van der Waals surface area contributed by atoms with Crippen LogP contribution in [0.5, 0.6) is 11.5 Å². The van der Waals surface area contributed by atoms with Crippen LogP contribution in [0.2, 0.25) is 5.02 Å². The van der Waals surface area contributed by atoms with E-state index in [1.807, 2.05) is 0 Å². The zero-order valence-corrected chi connectivity index (χ0v) is 15.5. The van der Waals surface area contributed by atoms with Crippen LogP contribution < -0.4 is 25.9 Å². The molecule has 0 fully saturated rings. The molecule has 0 bridgehead atoms. The summed E-state index contributed by atoms with van der Waals surface area (Å²) in [6, 6.07) is 11.1. The van der Waals surface area contributed by atoms with Crippen molar-refractivity contribution < 1.29 is 23.9 Å². The third-order valence-electron chi connectivity index (χ3n) is 3.25. The number of anilines is 1. The number of amides is 3. The van der Waals surface area contributed by atoms with Crippen molar-refractivity contribution in [3.05, 3.63) is 53.1 Å². The Morgan fingerprint density at radius 3 is 2.68 bits per heavy atom. The van der Waals surface area contributed by atoms with Gasteiger partial charge in [-0.15, -0.1) is 0 Å². The number of benzene rings is 2. The van der Waals surface area contributed by atoms with Crippen molar-refractivity contribution in [1.29, 1.82) is 0 Å². The molecular weight excluding hydrogens is 388 g/mol. The van der Waals surface area contributed by atoms with E-state index in [1.165, 1.54) is 25.5 Å². The molecule has 0 unspecified atom stereocenters. The van der Waals surface area contributed by atoms with Crippen molar-refractivity contribution in [1.82, 2.24) is 5.43 Å². The summed E-state index contributed by atoms with van der Waals surface area (Å²) in [5.74, 6) is -1.74. The van der Waals surface area contributed by atoms with Gasteiger partial charge in [0.25, 0.3) is 5.91 Å². The van der Waals surface area contributed by atoms with Crippen LogP contribution in [0.15, 0.2) is 47.6 Å². The Hall–Kier alpha value is -3.59. The molecule has 4 N–H and O–H groups in total. The molecule has 3 amide bonds. The van der Waals surface area contributed by atoms with Crippen LogP contribution in [0.25, 0.3) is 0 Å². The molecule has 146 valence electrons. The summed E-state index contributed by atoms with van der Waals surface area (Å²) >= 11 is 5.92. The van der Waals surface area contributed by atoms with Gasteiger partial charge in [-0.25, -0.2) is 5.43 Å². The Balaban J connectivity index is 1.99. The highest BCUT2D eigenvalue weighted by atomic mass is 35.5. The lowest BCUT2D eigenvalue weighted by atomic mass is 10.2. The Morgan fingerprint density at radius 1 is 1.18 bits per heavy atom. The van der Waals surface area contributed by atoms with E-state index in [0.717, 1.165) is 0 Å². The van der Waals surface area contributed by atoms with Gasteiger partial charge in [0.2, 0.25) is 0 Å². The summed E-state index contributed by atoms with van der Waals surface area (Å²) in [5, 5.41) is 6.50. The van der Waals surface area contributed by atoms with E-state index in [9.17, 15) is 14.4 Å². The van der Waals surface area contributed by atoms with Crippen molar-refractivity contribution in [3.8, 4) is 11.5 Å². The SMILES string of the molecule is COc1cccc(NC(=O)C(=O)N/N=C\c2cc(Cl)ccc2OCC(N)=O)c1. The fourth-order valence-corrected chi connectivity index (χ4v) is 2.18. The van der Waals surface area contributed by atoms with Crippen LogP contribution >= 0.6 is 11.6 Å². The fourth-order valence-electron chi connectivity index (χ4n) is 2.00. The van der Waals surface area contributed by atoms with Crippen LogP contribution in [-0.2, 0) is 14.4 Å². The number of nitrogens with one attached hydrogen (secondary N) is 2. The van der Waals surface area contributed by atoms with Gasteiger partial charge in [0.15, 0.2) is 6.61 Å². The maximum absolute atomic E-state index is 11.9. The summed E-state index contributed by atoms with van der Waals surface area (Å²) < 4.78 is 10.3. The number of carbonyl (C=O) groups excluding carboxylic acids is 3. The number of hydrazone groups is 1. The van der Waals surface area contributed by atoms with E-state index in [2.05, 4.69) is 15.8 Å². The van der Waals surface area contributed by atoms with E-state index >= 15 is 0 Å². The zero-order chi connectivity index (χ0) is 20.5. The van der Waals surface area contributed by atoms with Crippen LogP contribution in [0.4, 0.5) is 5.69 Å². The van der Waals surface area contributed by atoms with Crippen LogP contribution in [-0.4, -0.2) is 37.7 Å². The number of halogens is 1. The normalized spacial score (nSPS) is 10.4. The first-order valence-corrected chi connectivity index (χ1v) is 8.26. The molecule has 0 saturated carbocycles. The van der Waals surface area contributed by atoms with Crippen molar-refractivity contribution in [2.75, 3.05) is 19.0 Å². The molecule has 9 nitrogen and oxygen atoms in total. The van der Waals surface area contributed by atoms with Gasteiger partial charge in [-0.2, -0.15) is 5.10 Å². The first-order valence-electron chi connectivity index (χ1n) is 7.88. The fraction of sp³-hybridized carbons (Fsp3) is 0.111. The van der Waals surface area contributed by atoms with Crippen molar-refractivity contribution >= 4 is 41.2 Å². The number of rotatable bonds is 7. The summed E-state index contributed by atoms with van der Waals surface area (Å²) in [5.41, 5.74) is 7.90. The first-order chi connectivity index (χ1) is 13.4.